The predicted octanol–water partition coefficient (Wildman–Crippen LogP) is 4.26. The van der Waals surface area contributed by atoms with E-state index in [1.54, 1.807) is 22.5 Å². The van der Waals surface area contributed by atoms with Gasteiger partial charge in [0.05, 0.1) is 10.6 Å². The van der Waals surface area contributed by atoms with E-state index < -0.39 is 10.0 Å². The Morgan fingerprint density at radius 1 is 1.12 bits per heavy atom. The Kier molecular flexibility index (Phi) is 5.79. The Balaban J connectivity index is 1.77. The molecule has 1 unspecified atom stereocenters. The van der Waals surface area contributed by atoms with Gasteiger partial charge in [0, 0.05) is 22.6 Å². The molecule has 1 N–H and O–H groups in total. The SMILES string of the molecule is CC1CCCCN1S(=O)(=O)c1ccc(C(=O)Nc2ccccc2Br)cc1. The van der Waals surface area contributed by atoms with Crippen molar-refractivity contribution >= 4 is 37.5 Å². The van der Waals surface area contributed by atoms with Gasteiger partial charge in [0.1, 0.15) is 0 Å². The number of carbonyl (C=O) groups excluding carboxylic acids is 1. The molecule has 1 saturated heterocycles. The standard InChI is InChI=1S/C19H21BrN2O3S/c1-14-6-4-5-13-22(14)26(24,25)16-11-9-15(10-12-16)19(23)21-18-8-3-2-7-17(18)20/h2-3,7-12,14H,4-6,13H2,1H3,(H,21,23). The molecule has 2 aromatic carbocycles. The van der Waals surface area contributed by atoms with E-state index in [1.165, 1.54) is 12.1 Å². The van der Waals surface area contributed by atoms with Gasteiger partial charge >= 0.3 is 0 Å². The molecule has 0 bridgehead atoms. The minimum absolute atomic E-state index is 0.00663. The average Bonchev–Trinajstić information content (AvgIpc) is 2.64. The average molecular weight is 437 g/mol. The number of anilines is 1. The lowest BCUT2D eigenvalue weighted by Crippen LogP contribution is -2.41. The fourth-order valence-electron chi connectivity index (χ4n) is 3.10. The first-order chi connectivity index (χ1) is 12.4. The van der Waals surface area contributed by atoms with Crippen LogP contribution in [-0.4, -0.2) is 31.2 Å². The van der Waals surface area contributed by atoms with Crippen LogP contribution in [0.2, 0.25) is 0 Å². The topological polar surface area (TPSA) is 66.5 Å². The van der Waals surface area contributed by atoms with Gasteiger partial charge in [0.2, 0.25) is 10.0 Å². The van der Waals surface area contributed by atoms with E-state index >= 15 is 0 Å². The highest BCUT2D eigenvalue weighted by atomic mass is 79.9. The van der Waals surface area contributed by atoms with E-state index in [-0.39, 0.29) is 16.8 Å². The summed E-state index contributed by atoms with van der Waals surface area (Å²) in [5, 5.41) is 2.81. The van der Waals surface area contributed by atoms with Crippen molar-refractivity contribution in [2.24, 2.45) is 0 Å². The first kappa shape index (κ1) is 19.1. The molecule has 2 aromatic rings. The molecule has 1 aliphatic rings. The number of hydrogen-bond acceptors (Lipinski definition) is 3. The van der Waals surface area contributed by atoms with E-state index in [9.17, 15) is 13.2 Å². The summed E-state index contributed by atoms with van der Waals surface area (Å²) in [4.78, 5) is 12.6. The van der Waals surface area contributed by atoms with Gasteiger partial charge in [-0.2, -0.15) is 4.31 Å². The van der Waals surface area contributed by atoms with E-state index in [4.69, 9.17) is 0 Å². The molecule has 5 nitrogen and oxygen atoms in total. The Morgan fingerprint density at radius 3 is 2.46 bits per heavy atom. The number of piperidine rings is 1. The minimum atomic E-state index is -3.53. The summed E-state index contributed by atoms with van der Waals surface area (Å²) < 4.78 is 28.0. The van der Waals surface area contributed by atoms with Crippen molar-refractivity contribution in [3.63, 3.8) is 0 Å². The Morgan fingerprint density at radius 2 is 1.81 bits per heavy atom. The molecular weight excluding hydrogens is 416 g/mol. The Labute approximate surface area is 162 Å². The fourth-order valence-corrected chi connectivity index (χ4v) is 5.18. The number of sulfonamides is 1. The van der Waals surface area contributed by atoms with Crippen LogP contribution < -0.4 is 5.32 Å². The molecule has 0 saturated carbocycles. The first-order valence-corrected chi connectivity index (χ1v) is 10.8. The van der Waals surface area contributed by atoms with Crippen molar-refractivity contribution in [3.8, 4) is 0 Å². The lowest BCUT2D eigenvalue weighted by Gasteiger charge is -2.32. The van der Waals surface area contributed by atoms with Crippen molar-refractivity contribution in [2.75, 3.05) is 11.9 Å². The highest BCUT2D eigenvalue weighted by molar-refractivity contribution is 9.10. The molecule has 0 aliphatic carbocycles. The monoisotopic (exact) mass is 436 g/mol. The maximum atomic E-state index is 12.8. The van der Waals surface area contributed by atoms with Crippen LogP contribution in [0.1, 0.15) is 36.5 Å². The second kappa shape index (κ2) is 7.90. The normalized spacial score (nSPS) is 18.5. The van der Waals surface area contributed by atoms with E-state index in [1.807, 2.05) is 25.1 Å². The maximum Gasteiger partial charge on any atom is 0.255 e. The molecule has 0 spiro atoms. The van der Waals surface area contributed by atoms with Crippen molar-refractivity contribution in [2.45, 2.75) is 37.1 Å². The molecular formula is C19H21BrN2O3S. The summed E-state index contributed by atoms with van der Waals surface area (Å²) in [6.45, 7) is 2.49. The molecule has 1 aliphatic heterocycles. The number of benzene rings is 2. The lowest BCUT2D eigenvalue weighted by molar-refractivity contribution is 0.102. The van der Waals surface area contributed by atoms with E-state index in [0.717, 1.165) is 23.7 Å². The van der Waals surface area contributed by atoms with Gasteiger partial charge in [-0.15, -0.1) is 0 Å². The summed E-state index contributed by atoms with van der Waals surface area (Å²) in [7, 11) is -3.53. The summed E-state index contributed by atoms with van der Waals surface area (Å²) in [6.07, 6.45) is 2.82. The molecule has 1 amide bonds. The smallest absolute Gasteiger partial charge is 0.255 e. The number of nitrogens with zero attached hydrogens (tertiary/aromatic N) is 1. The maximum absolute atomic E-state index is 12.8. The number of halogens is 1. The van der Waals surface area contributed by atoms with Crippen LogP contribution in [0, 0.1) is 0 Å². The van der Waals surface area contributed by atoms with Gasteiger partial charge in [-0.05, 0) is 72.1 Å². The van der Waals surface area contributed by atoms with Crippen LogP contribution >= 0.6 is 15.9 Å². The van der Waals surface area contributed by atoms with Crippen molar-refractivity contribution < 1.29 is 13.2 Å². The number of rotatable bonds is 4. The van der Waals surface area contributed by atoms with Crippen LogP contribution in [0.3, 0.4) is 0 Å². The summed E-state index contributed by atoms with van der Waals surface area (Å²) in [5.41, 5.74) is 1.07. The van der Waals surface area contributed by atoms with Gasteiger partial charge in [-0.25, -0.2) is 8.42 Å². The zero-order valence-corrected chi connectivity index (χ0v) is 16.9. The van der Waals surface area contributed by atoms with Gasteiger partial charge in [-0.3, -0.25) is 4.79 Å². The molecule has 7 heteroatoms. The van der Waals surface area contributed by atoms with Crippen LogP contribution in [-0.2, 0) is 10.0 Å². The number of para-hydroxylation sites is 1. The summed E-state index contributed by atoms with van der Waals surface area (Å²) in [6, 6.07) is 13.4. The van der Waals surface area contributed by atoms with Gasteiger partial charge in [0.25, 0.3) is 5.91 Å². The van der Waals surface area contributed by atoms with Crippen LogP contribution in [0.5, 0.6) is 0 Å². The largest absolute Gasteiger partial charge is 0.321 e. The van der Waals surface area contributed by atoms with E-state index in [0.29, 0.717) is 17.8 Å². The Hall–Kier alpha value is -1.70. The third-order valence-corrected chi connectivity index (χ3v) is 7.31. The van der Waals surface area contributed by atoms with Crippen molar-refractivity contribution in [1.82, 2.24) is 4.31 Å². The highest BCUT2D eigenvalue weighted by Crippen LogP contribution is 2.26. The molecule has 1 atom stereocenters. The zero-order valence-electron chi connectivity index (χ0n) is 14.5. The Bertz CT molecular complexity index is 897. The highest BCUT2D eigenvalue weighted by Gasteiger charge is 2.30. The lowest BCUT2D eigenvalue weighted by atomic mass is 10.1. The molecule has 0 aromatic heterocycles. The molecule has 1 heterocycles. The molecule has 26 heavy (non-hydrogen) atoms. The number of hydrogen-bond donors (Lipinski definition) is 1. The van der Waals surface area contributed by atoms with Crippen molar-refractivity contribution in [3.05, 3.63) is 58.6 Å². The summed E-state index contributed by atoms with van der Waals surface area (Å²) >= 11 is 3.39. The second-order valence-electron chi connectivity index (χ2n) is 6.42. The number of carbonyl (C=O) groups is 1. The van der Waals surface area contributed by atoms with Gasteiger partial charge in [0.15, 0.2) is 0 Å². The van der Waals surface area contributed by atoms with Crippen LogP contribution in [0.25, 0.3) is 0 Å². The second-order valence-corrected chi connectivity index (χ2v) is 9.16. The molecule has 0 radical (unpaired) electrons. The molecule has 138 valence electrons. The quantitative estimate of drug-likeness (QED) is 0.777. The first-order valence-electron chi connectivity index (χ1n) is 8.57. The van der Waals surface area contributed by atoms with Gasteiger partial charge in [-0.1, -0.05) is 18.6 Å². The summed E-state index contributed by atoms with van der Waals surface area (Å²) in [5.74, 6) is -0.285. The molecule has 1 fully saturated rings. The third kappa shape index (κ3) is 4.00. The zero-order chi connectivity index (χ0) is 18.7. The number of amides is 1. The molecule has 3 rings (SSSR count). The number of nitrogens with one attached hydrogen (secondary N) is 1. The fraction of sp³-hybridized carbons (Fsp3) is 0.316. The van der Waals surface area contributed by atoms with Crippen LogP contribution in [0.15, 0.2) is 57.9 Å². The minimum Gasteiger partial charge on any atom is -0.321 e. The third-order valence-electron chi connectivity index (χ3n) is 4.59. The predicted molar refractivity (Wildman–Crippen MR) is 106 cm³/mol. The van der Waals surface area contributed by atoms with E-state index in [2.05, 4.69) is 21.2 Å². The van der Waals surface area contributed by atoms with Gasteiger partial charge < -0.3 is 5.32 Å². The van der Waals surface area contributed by atoms with Crippen molar-refractivity contribution in [1.29, 1.82) is 0 Å². The van der Waals surface area contributed by atoms with Crippen LogP contribution in [0.4, 0.5) is 5.69 Å².